The molecule has 108 valence electrons. The third kappa shape index (κ3) is 3.41. The number of amides is 1. The average molecular weight is 340 g/mol. The molecule has 1 amide bonds. The van der Waals surface area contributed by atoms with Crippen molar-refractivity contribution in [3.05, 3.63) is 34.5 Å². The van der Waals surface area contributed by atoms with Crippen LogP contribution in [0, 0.1) is 5.92 Å². The van der Waals surface area contributed by atoms with Crippen molar-refractivity contribution in [2.45, 2.75) is 26.4 Å². The van der Waals surface area contributed by atoms with E-state index < -0.39 is 6.10 Å². The van der Waals surface area contributed by atoms with E-state index in [1.807, 2.05) is 32.0 Å². The van der Waals surface area contributed by atoms with Crippen molar-refractivity contribution in [3.63, 3.8) is 0 Å². The molecular weight excluding hydrogens is 322 g/mol. The Morgan fingerprint density at radius 1 is 1.45 bits per heavy atom. The zero-order valence-corrected chi connectivity index (χ0v) is 13.1. The summed E-state index contributed by atoms with van der Waals surface area (Å²) < 4.78 is 6.37. The van der Waals surface area contributed by atoms with Gasteiger partial charge >= 0.3 is 0 Å². The number of halogens is 1. The van der Waals surface area contributed by atoms with Gasteiger partial charge in [-0.2, -0.15) is 0 Å². The standard InChI is InChI=1S/C15H18BrNO3/c1-9(2)12(18)6-7-17-15(19)13-8-10-4-3-5-11(16)14(10)20-13/h3-5,8-9,12,18H,6-7H2,1-2H3,(H,17,19). The molecule has 0 bridgehead atoms. The lowest BCUT2D eigenvalue weighted by atomic mass is 10.0. The van der Waals surface area contributed by atoms with Gasteiger partial charge in [0.2, 0.25) is 0 Å². The van der Waals surface area contributed by atoms with Crippen LogP contribution in [0.4, 0.5) is 0 Å². The highest BCUT2D eigenvalue weighted by Gasteiger charge is 2.14. The fourth-order valence-corrected chi connectivity index (χ4v) is 2.36. The average Bonchev–Trinajstić information content (AvgIpc) is 2.84. The van der Waals surface area contributed by atoms with E-state index in [1.54, 1.807) is 6.07 Å². The van der Waals surface area contributed by atoms with Gasteiger partial charge in [-0.3, -0.25) is 4.79 Å². The van der Waals surface area contributed by atoms with Crippen molar-refractivity contribution < 1.29 is 14.3 Å². The van der Waals surface area contributed by atoms with Crippen LogP contribution >= 0.6 is 15.9 Å². The highest BCUT2D eigenvalue weighted by Crippen LogP contribution is 2.26. The van der Waals surface area contributed by atoms with Gasteiger partial charge in [0.05, 0.1) is 10.6 Å². The molecule has 2 rings (SSSR count). The molecule has 1 unspecified atom stereocenters. The lowest BCUT2D eigenvalue weighted by Gasteiger charge is -2.13. The van der Waals surface area contributed by atoms with Gasteiger partial charge in [0, 0.05) is 11.9 Å². The van der Waals surface area contributed by atoms with Gasteiger partial charge in [-0.15, -0.1) is 0 Å². The molecule has 1 aromatic heterocycles. The summed E-state index contributed by atoms with van der Waals surface area (Å²) in [6, 6.07) is 7.37. The molecule has 0 saturated heterocycles. The number of furan rings is 1. The van der Waals surface area contributed by atoms with Crippen molar-refractivity contribution in [2.24, 2.45) is 5.92 Å². The summed E-state index contributed by atoms with van der Waals surface area (Å²) in [7, 11) is 0. The van der Waals surface area contributed by atoms with Crippen molar-refractivity contribution in [1.82, 2.24) is 5.32 Å². The molecule has 20 heavy (non-hydrogen) atoms. The van der Waals surface area contributed by atoms with Gasteiger partial charge in [-0.25, -0.2) is 0 Å². The Morgan fingerprint density at radius 2 is 2.20 bits per heavy atom. The second-order valence-electron chi connectivity index (χ2n) is 5.12. The number of rotatable bonds is 5. The number of hydrogen-bond acceptors (Lipinski definition) is 3. The maximum Gasteiger partial charge on any atom is 0.287 e. The molecule has 0 aliphatic heterocycles. The fourth-order valence-electron chi connectivity index (χ4n) is 1.89. The van der Waals surface area contributed by atoms with Crippen LogP contribution in [0.2, 0.25) is 0 Å². The van der Waals surface area contributed by atoms with Gasteiger partial charge < -0.3 is 14.8 Å². The Labute approximate surface area is 126 Å². The Bertz CT molecular complexity index is 606. The molecule has 0 aliphatic carbocycles. The van der Waals surface area contributed by atoms with Crippen molar-refractivity contribution in [3.8, 4) is 0 Å². The summed E-state index contributed by atoms with van der Waals surface area (Å²) in [5.74, 6) is 0.212. The van der Waals surface area contributed by atoms with Crippen LogP contribution in [0.15, 0.2) is 33.2 Å². The van der Waals surface area contributed by atoms with Crippen LogP contribution in [0.5, 0.6) is 0 Å². The number of para-hydroxylation sites is 1. The van der Waals surface area contributed by atoms with Gasteiger partial charge in [-0.1, -0.05) is 26.0 Å². The predicted octanol–water partition coefficient (Wildman–Crippen LogP) is 3.33. The van der Waals surface area contributed by atoms with Gasteiger partial charge in [0.15, 0.2) is 5.76 Å². The zero-order chi connectivity index (χ0) is 14.7. The Morgan fingerprint density at radius 3 is 2.85 bits per heavy atom. The van der Waals surface area contributed by atoms with E-state index in [2.05, 4.69) is 21.2 Å². The molecule has 0 radical (unpaired) electrons. The van der Waals surface area contributed by atoms with E-state index in [4.69, 9.17) is 4.42 Å². The molecule has 0 saturated carbocycles. The number of carbonyl (C=O) groups excluding carboxylic acids is 1. The van der Waals surface area contributed by atoms with Crippen molar-refractivity contribution in [1.29, 1.82) is 0 Å². The number of fused-ring (bicyclic) bond motifs is 1. The Hall–Kier alpha value is -1.33. The second-order valence-corrected chi connectivity index (χ2v) is 5.98. The van der Waals surface area contributed by atoms with E-state index in [9.17, 15) is 9.90 Å². The topological polar surface area (TPSA) is 62.5 Å². The number of nitrogens with one attached hydrogen (secondary N) is 1. The molecule has 1 atom stereocenters. The molecule has 2 N–H and O–H groups in total. The second kappa shape index (κ2) is 6.41. The van der Waals surface area contributed by atoms with Crippen LogP contribution in [0.25, 0.3) is 11.0 Å². The minimum Gasteiger partial charge on any atom is -0.450 e. The molecule has 2 aromatic rings. The van der Waals surface area contributed by atoms with Crippen molar-refractivity contribution >= 4 is 32.8 Å². The van der Waals surface area contributed by atoms with Gasteiger partial charge in [0.25, 0.3) is 5.91 Å². The first-order valence-corrected chi connectivity index (χ1v) is 7.42. The van der Waals surface area contributed by atoms with Gasteiger partial charge in [0.1, 0.15) is 5.58 Å². The Balaban J connectivity index is 1.99. The summed E-state index contributed by atoms with van der Waals surface area (Å²) >= 11 is 3.39. The van der Waals surface area contributed by atoms with Crippen LogP contribution in [-0.2, 0) is 0 Å². The summed E-state index contributed by atoms with van der Waals surface area (Å²) in [4.78, 5) is 12.0. The largest absolute Gasteiger partial charge is 0.450 e. The smallest absolute Gasteiger partial charge is 0.287 e. The number of benzene rings is 1. The number of aliphatic hydroxyl groups excluding tert-OH is 1. The molecule has 5 heteroatoms. The van der Waals surface area contributed by atoms with Gasteiger partial charge in [-0.05, 0) is 40.4 Å². The van der Waals surface area contributed by atoms with E-state index in [1.165, 1.54) is 0 Å². The molecule has 0 fully saturated rings. The monoisotopic (exact) mass is 339 g/mol. The van der Waals surface area contributed by atoms with Crippen LogP contribution < -0.4 is 5.32 Å². The Kier molecular flexibility index (Phi) is 4.83. The van der Waals surface area contributed by atoms with E-state index >= 15 is 0 Å². The normalized spacial score (nSPS) is 12.8. The maximum absolute atomic E-state index is 12.0. The maximum atomic E-state index is 12.0. The molecule has 0 spiro atoms. The van der Waals surface area contributed by atoms with E-state index in [0.29, 0.717) is 18.5 Å². The van der Waals surface area contributed by atoms with E-state index in [-0.39, 0.29) is 17.6 Å². The van der Waals surface area contributed by atoms with Crippen LogP contribution in [0.1, 0.15) is 30.8 Å². The minimum atomic E-state index is -0.403. The lowest BCUT2D eigenvalue weighted by Crippen LogP contribution is -2.28. The van der Waals surface area contributed by atoms with E-state index in [0.717, 1.165) is 9.86 Å². The SMILES string of the molecule is CC(C)C(O)CCNC(=O)c1cc2cccc(Br)c2o1. The number of hydrogen-bond donors (Lipinski definition) is 2. The fraction of sp³-hybridized carbons (Fsp3) is 0.400. The molecular formula is C15H18BrNO3. The number of carbonyl (C=O) groups is 1. The first kappa shape index (κ1) is 15.1. The van der Waals surface area contributed by atoms with Crippen LogP contribution in [-0.4, -0.2) is 23.7 Å². The highest BCUT2D eigenvalue weighted by atomic mass is 79.9. The number of aliphatic hydroxyl groups is 1. The predicted molar refractivity (Wildman–Crippen MR) is 81.7 cm³/mol. The molecule has 1 aromatic carbocycles. The first-order chi connectivity index (χ1) is 9.49. The molecule has 1 heterocycles. The first-order valence-electron chi connectivity index (χ1n) is 6.63. The molecule has 0 aliphatic rings. The lowest BCUT2D eigenvalue weighted by molar-refractivity contribution is 0.0896. The summed E-state index contributed by atoms with van der Waals surface area (Å²) in [6.07, 6.45) is 0.132. The summed E-state index contributed by atoms with van der Waals surface area (Å²) in [6.45, 7) is 4.32. The molecule has 4 nitrogen and oxygen atoms in total. The van der Waals surface area contributed by atoms with Crippen molar-refractivity contribution in [2.75, 3.05) is 6.54 Å². The quantitative estimate of drug-likeness (QED) is 0.878. The van der Waals surface area contributed by atoms with Crippen LogP contribution in [0.3, 0.4) is 0 Å². The minimum absolute atomic E-state index is 0.189. The summed E-state index contributed by atoms with van der Waals surface area (Å²) in [5.41, 5.74) is 0.667. The third-order valence-electron chi connectivity index (χ3n) is 3.22. The third-order valence-corrected chi connectivity index (χ3v) is 3.84. The zero-order valence-electron chi connectivity index (χ0n) is 11.5. The summed E-state index contributed by atoms with van der Waals surface area (Å²) in [5, 5.41) is 13.3. The highest BCUT2D eigenvalue weighted by molar-refractivity contribution is 9.10.